The summed E-state index contributed by atoms with van der Waals surface area (Å²) in [6.07, 6.45) is 2.84. The van der Waals surface area contributed by atoms with Crippen LogP contribution in [0.15, 0.2) is 35.1 Å². The van der Waals surface area contributed by atoms with Crippen LogP contribution in [0.5, 0.6) is 0 Å². The Balaban J connectivity index is 2.00. The summed E-state index contributed by atoms with van der Waals surface area (Å²) in [4.78, 5) is 28.9. The van der Waals surface area contributed by atoms with Gasteiger partial charge in [-0.15, -0.1) is 0 Å². The summed E-state index contributed by atoms with van der Waals surface area (Å²) < 4.78 is 0. The van der Waals surface area contributed by atoms with E-state index in [4.69, 9.17) is 10.8 Å². The van der Waals surface area contributed by atoms with Gasteiger partial charge in [-0.2, -0.15) is 0 Å². The Kier molecular flexibility index (Phi) is 4.71. The third-order valence-corrected chi connectivity index (χ3v) is 3.22. The number of unbranched alkanes of at least 4 members (excludes halogenated alkanes) is 1. The molecule has 110 valence electrons. The van der Waals surface area contributed by atoms with Crippen molar-refractivity contribution in [3.63, 3.8) is 0 Å². The smallest absolute Gasteiger partial charge is 0.355 e. The summed E-state index contributed by atoms with van der Waals surface area (Å²) in [6.45, 7) is 0. The molecule has 6 heteroatoms. The molecule has 0 amide bonds. The van der Waals surface area contributed by atoms with Gasteiger partial charge in [0.2, 0.25) is 5.95 Å². The lowest BCUT2D eigenvalue weighted by atomic mass is 10.0. The molecule has 0 unspecified atom stereocenters. The zero-order valence-electron chi connectivity index (χ0n) is 11.5. The largest absolute Gasteiger partial charge is 0.476 e. The third-order valence-electron chi connectivity index (χ3n) is 3.22. The summed E-state index contributed by atoms with van der Waals surface area (Å²) >= 11 is 0. The number of aromatic carboxylic acids is 1. The number of H-pyrrole nitrogens is 1. The number of aromatic amines is 1. The van der Waals surface area contributed by atoms with E-state index in [2.05, 4.69) is 9.97 Å². The van der Waals surface area contributed by atoms with Gasteiger partial charge in [-0.05, 0) is 31.2 Å². The summed E-state index contributed by atoms with van der Waals surface area (Å²) in [7, 11) is 0. The SMILES string of the molecule is Nc1nc(C(=O)O)c(CCCCc2ccccc2)c(=O)[nH]1. The van der Waals surface area contributed by atoms with Crippen LogP contribution in [0.3, 0.4) is 0 Å². The molecule has 1 heterocycles. The number of nitrogens with zero attached hydrogens (tertiary/aromatic N) is 1. The Bertz CT molecular complexity index is 680. The molecule has 0 saturated heterocycles. The number of rotatable bonds is 6. The zero-order chi connectivity index (χ0) is 15.2. The molecule has 0 aliphatic carbocycles. The highest BCUT2D eigenvalue weighted by Gasteiger charge is 2.16. The van der Waals surface area contributed by atoms with Gasteiger partial charge in [0.1, 0.15) is 0 Å². The van der Waals surface area contributed by atoms with Crippen LogP contribution in [0.25, 0.3) is 0 Å². The second-order valence-corrected chi connectivity index (χ2v) is 4.78. The first-order chi connectivity index (χ1) is 10.1. The maximum absolute atomic E-state index is 11.8. The average molecular weight is 287 g/mol. The van der Waals surface area contributed by atoms with Crippen LogP contribution in [0.4, 0.5) is 5.95 Å². The molecule has 2 aromatic rings. The standard InChI is InChI=1S/C15H17N3O3/c16-15-17-12(14(20)21)11(13(19)18-15)9-5-4-8-10-6-2-1-3-7-10/h1-3,6-7H,4-5,8-9H2,(H,20,21)(H3,16,17,18,19). The molecule has 0 bridgehead atoms. The summed E-state index contributed by atoms with van der Waals surface area (Å²) in [6, 6.07) is 10.0. The van der Waals surface area contributed by atoms with E-state index in [1.807, 2.05) is 30.3 Å². The van der Waals surface area contributed by atoms with E-state index in [0.29, 0.717) is 12.8 Å². The Hall–Kier alpha value is -2.63. The van der Waals surface area contributed by atoms with Crippen molar-refractivity contribution in [2.75, 3.05) is 5.73 Å². The van der Waals surface area contributed by atoms with Gasteiger partial charge in [0, 0.05) is 0 Å². The highest BCUT2D eigenvalue weighted by Crippen LogP contribution is 2.10. The fourth-order valence-corrected chi connectivity index (χ4v) is 2.20. The molecule has 0 fully saturated rings. The number of nitrogens with two attached hydrogens (primary N) is 1. The van der Waals surface area contributed by atoms with Crippen molar-refractivity contribution in [3.05, 3.63) is 57.5 Å². The topological polar surface area (TPSA) is 109 Å². The van der Waals surface area contributed by atoms with Crippen molar-refractivity contribution in [2.24, 2.45) is 0 Å². The highest BCUT2D eigenvalue weighted by atomic mass is 16.4. The molecule has 0 spiro atoms. The first-order valence-corrected chi connectivity index (χ1v) is 6.74. The van der Waals surface area contributed by atoms with Crippen LogP contribution >= 0.6 is 0 Å². The lowest BCUT2D eigenvalue weighted by Crippen LogP contribution is -2.22. The van der Waals surface area contributed by atoms with Crippen molar-refractivity contribution in [1.82, 2.24) is 9.97 Å². The molecule has 1 aromatic carbocycles. The molecule has 0 atom stereocenters. The average Bonchev–Trinajstić information content (AvgIpc) is 2.45. The first kappa shape index (κ1) is 14.8. The monoisotopic (exact) mass is 287 g/mol. The summed E-state index contributed by atoms with van der Waals surface area (Å²) in [5.41, 5.74) is 6.05. The van der Waals surface area contributed by atoms with Crippen molar-refractivity contribution < 1.29 is 9.90 Å². The number of nitrogens with one attached hydrogen (secondary N) is 1. The molecule has 0 radical (unpaired) electrons. The third kappa shape index (κ3) is 3.92. The maximum atomic E-state index is 11.8. The van der Waals surface area contributed by atoms with Crippen LogP contribution in [-0.4, -0.2) is 21.0 Å². The minimum Gasteiger partial charge on any atom is -0.476 e. The number of benzene rings is 1. The van der Waals surface area contributed by atoms with Crippen molar-refractivity contribution in [3.8, 4) is 0 Å². The lowest BCUT2D eigenvalue weighted by Gasteiger charge is -2.05. The number of nitrogen functional groups attached to an aromatic ring is 1. The van der Waals surface area contributed by atoms with Gasteiger partial charge in [-0.3, -0.25) is 9.78 Å². The molecule has 4 N–H and O–H groups in total. The van der Waals surface area contributed by atoms with E-state index in [1.54, 1.807) is 0 Å². The van der Waals surface area contributed by atoms with Gasteiger partial charge in [-0.25, -0.2) is 9.78 Å². The normalized spacial score (nSPS) is 10.5. The molecule has 6 nitrogen and oxygen atoms in total. The molecular weight excluding hydrogens is 270 g/mol. The van der Waals surface area contributed by atoms with E-state index in [0.717, 1.165) is 12.8 Å². The maximum Gasteiger partial charge on any atom is 0.355 e. The molecule has 0 aliphatic rings. The lowest BCUT2D eigenvalue weighted by molar-refractivity contribution is 0.0689. The van der Waals surface area contributed by atoms with E-state index in [1.165, 1.54) is 5.56 Å². The minimum atomic E-state index is -1.23. The van der Waals surface area contributed by atoms with Gasteiger partial charge >= 0.3 is 5.97 Å². The van der Waals surface area contributed by atoms with E-state index in [9.17, 15) is 9.59 Å². The quantitative estimate of drug-likeness (QED) is 0.699. The number of carboxylic acid groups (broad SMARTS) is 1. The Morgan fingerprint density at radius 2 is 1.86 bits per heavy atom. The van der Waals surface area contributed by atoms with Crippen molar-refractivity contribution in [1.29, 1.82) is 0 Å². The van der Waals surface area contributed by atoms with Crippen LogP contribution in [-0.2, 0) is 12.8 Å². The van der Waals surface area contributed by atoms with Gasteiger partial charge in [0.25, 0.3) is 5.56 Å². The van der Waals surface area contributed by atoms with Gasteiger partial charge in [0.05, 0.1) is 5.56 Å². The highest BCUT2D eigenvalue weighted by molar-refractivity contribution is 5.87. The van der Waals surface area contributed by atoms with E-state index < -0.39 is 11.5 Å². The molecule has 2 rings (SSSR count). The van der Waals surface area contributed by atoms with Crippen LogP contribution in [0.2, 0.25) is 0 Å². The number of carbonyl (C=O) groups is 1. The second kappa shape index (κ2) is 6.69. The number of hydrogen-bond acceptors (Lipinski definition) is 4. The Labute approximate surface area is 121 Å². The second-order valence-electron chi connectivity index (χ2n) is 4.78. The Morgan fingerprint density at radius 3 is 2.52 bits per heavy atom. The van der Waals surface area contributed by atoms with Gasteiger partial charge in [0.15, 0.2) is 5.69 Å². The fourth-order valence-electron chi connectivity index (χ4n) is 2.20. The minimum absolute atomic E-state index is 0.176. The van der Waals surface area contributed by atoms with Gasteiger partial charge < -0.3 is 10.8 Å². The number of carboxylic acids is 1. The molecule has 1 aromatic heterocycles. The predicted octanol–water partition coefficient (Wildman–Crippen LogP) is 1.62. The summed E-state index contributed by atoms with van der Waals surface area (Å²) in [5.74, 6) is -1.41. The number of hydrogen-bond donors (Lipinski definition) is 3. The van der Waals surface area contributed by atoms with E-state index in [-0.39, 0.29) is 17.2 Å². The van der Waals surface area contributed by atoms with Crippen LogP contribution < -0.4 is 11.3 Å². The number of anilines is 1. The number of aromatic nitrogens is 2. The Morgan fingerprint density at radius 1 is 1.19 bits per heavy atom. The predicted molar refractivity (Wildman–Crippen MR) is 79.3 cm³/mol. The fraction of sp³-hybridized carbons (Fsp3) is 0.267. The molecule has 0 saturated carbocycles. The first-order valence-electron chi connectivity index (χ1n) is 6.74. The van der Waals surface area contributed by atoms with Crippen molar-refractivity contribution in [2.45, 2.75) is 25.7 Å². The van der Waals surface area contributed by atoms with E-state index >= 15 is 0 Å². The van der Waals surface area contributed by atoms with Crippen LogP contribution in [0, 0.1) is 0 Å². The van der Waals surface area contributed by atoms with Crippen molar-refractivity contribution >= 4 is 11.9 Å². The molecule has 0 aliphatic heterocycles. The zero-order valence-corrected chi connectivity index (χ0v) is 11.5. The molecule has 21 heavy (non-hydrogen) atoms. The van der Waals surface area contributed by atoms with Gasteiger partial charge in [-0.1, -0.05) is 30.3 Å². The number of aryl methyl sites for hydroxylation is 1. The molecular formula is C15H17N3O3. The summed E-state index contributed by atoms with van der Waals surface area (Å²) in [5, 5.41) is 9.08. The van der Waals surface area contributed by atoms with Crippen LogP contribution in [0.1, 0.15) is 34.5 Å².